The van der Waals surface area contributed by atoms with Gasteiger partial charge in [-0.3, -0.25) is 9.59 Å². The number of nitrogens with one attached hydrogen (secondary N) is 1. The van der Waals surface area contributed by atoms with Crippen LogP contribution in [0.2, 0.25) is 0 Å². The first-order valence-electron chi connectivity index (χ1n) is 6.80. The fraction of sp³-hybridized carbons (Fsp3) is 0.467. The van der Waals surface area contributed by atoms with Gasteiger partial charge in [0.2, 0.25) is 5.91 Å². The Morgan fingerprint density at radius 2 is 2.00 bits per heavy atom. The van der Waals surface area contributed by atoms with Crippen molar-refractivity contribution < 1.29 is 14.3 Å². The van der Waals surface area contributed by atoms with Gasteiger partial charge in [0.05, 0.1) is 6.04 Å². The topological polar surface area (TPSA) is 84.7 Å². The van der Waals surface area contributed by atoms with Crippen LogP contribution in [0.5, 0.6) is 5.75 Å². The third-order valence-electron chi connectivity index (χ3n) is 2.98. The van der Waals surface area contributed by atoms with Gasteiger partial charge in [0.25, 0.3) is 5.91 Å². The lowest BCUT2D eigenvalue weighted by atomic mass is 10.0. The Bertz CT molecular complexity index is 501. The van der Waals surface area contributed by atoms with E-state index in [1.807, 2.05) is 13.8 Å². The van der Waals surface area contributed by atoms with Gasteiger partial charge in [-0.25, -0.2) is 0 Å². The second kappa shape index (κ2) is 7.64. The first kappa shape index (κ1) is 17.0. The Kier molecular flexibility index (Phi) is 6.17. The largest absolute Gasteiger partial charge is 0.484 e. The summed E-state index contributed by atoms with van der Waals surface area (Å²) in [5.74, 6) is 0.195. The minimum absolute atomic E-state index is 0.0457. The fourth-order valence-corrected chi connectivity index (χ4v) is 1.47. The maximum Gasteiger partial charge on any atom is 0.259 e. The van der Waals surface area contributed by atoms with Gasteiger partial charge >= 0.3 is 0 Å². The summed E-state index contributed by atoms with van der Waals surface area (Å²) in [7, 11) is 3.32. The zero-order valence-corrected chi connectivity index (χ0v) is 12.9. The van der Waals surface area contributed by atoms with Gasteiger partial charge < -0.3 is 20.7 Å². The number of ether oxygens (including phenoxy) is 1. The van der Waals surface area contributed by atoms with Crippen molar-refractivity contribution in [1.29, 1.82) is 0 Å². The Labute approximate surface area is 125 Å². The highest BCUT2D eigenvalue weighted by Crippen LogP contribution is 2.18. The molecule has 0 unspecified atom stereocenters. The normalized spacial score (nSPS) is 11.9. The molecule has 0 saturated carbocycles. The van der Waals surface area contributed by atoms with E-state index in [1.165, 1.54) is 4.90 Å². The minimum Gasteiger partial charge on any atom is -0.484 e. The molecule has 0 saturated heterocycles. The van der Waals surface area contributed by atoms with E-state index in [-0.39, 0.29) is 24.3 Å². The Morgan fingerprint density at radius 1 is 1.33 bits per heavy atom. The van der Waals surface area contributed by atoms with Crippen LogP contribution in [0.3, 0.4) is 0 Å². The number of carbonyl (C=O) groups is 2. The van der Waals surface area contributed by atoms with Crippen molar-refractivity contribution in [2.45, 2.75) is 19.9 Å². The predicted octanol–water partition coefficient (Wildman–Crippen LogP) is 1.08. The average molecular weight is 293 g/mol. The molecule has 116 valence electrons. The molecule has 1 rings (SSSR count). The van der Waals surface area contributed by atoms with Crippen LogP contribution in [0.15, 0.2) is 24.3 Å². The molecule has 0 heterocycles. The van der Waals surface area contributed by atoms with Crippen LogP contribution in [0, 0.1) is 5.92 Å². The van der Waals surface area contributed by atoms with Crippen molar-refractivity contribution in [1.82, 2.24) is 4.90 Å². The molecule has 1 atom stereocenters. The lowest BCUT2D eigenvalue weighted by Gasteiger charge is -2.16. The number of hydrogen-bond acceptors (Lipinski definition) is 4. The van der Waals surface area contributed by atoms with Crippen molar-refractivity contribution in [2.24, 2.45) is 11.7 Å². The van der Waals surface area contributed by atoms with Gasteiger partial charge in [0, 0.05) is 25.8 Å². The van der Waals surface area contributed by atoms with Gasteiger partial charge in [0.15, 0.2) is 6.61 Å². The molecule has 0 aliphatic carbocycles. The van der Waals surface area contributed by atoms with E-state index in [4.69, 9.17) is 10.5 Å². The molecule has 0 aromatic heterocycles. The molecule has 6 nitrogen and oxygen atoms in total. The highest BCUT2D eigenvalue weighted by molar-refractivity contribution is 5.95. The molecule has 21 heavy (non-hydrogen) atoms. The summed E-state index contributed by atoms with van der Waals surface area (Å²) < 4.78 is 5.39. The third kappa shape index (κ3) is 5.43. The van der Waals surface area contributed by atoms with Gasteiger partial charge in [-0.2, -0.15) is 0 Å². The molecule has 0 fully saturated rings. The van der Waals surface area contributed by atoms with Gasteiger partial charge in [-0.05, 0) is 18.1 Å². The zero-order chi connectivity index (χ0) is 16.0. The average Bonchev–Trinajstić information content (AvgIpc) is 2.43. The molecule has 6 heteroatoms. The molecule has 0 aliphatic heterocycles. The zero-order valence-electron chi connectivity index (χ0n) is 12.9. The number of hydrogen-bond donors (Lipinski definition) is 2. The molecule has 0 spiro atoms. The van der Waals surface area contributed by atoms with Crippen molar-refractivity contribution in [2.75, 3.05) is 26.0 Å². The lowest BCUT2D eigenvalue weighted by Crippen LogP contribution is -2.39. The van der Waals surface area contributed by atoms with Gasteiger partial charge in [-0.1, -0.05) is 19.9 Å². The molecular formula is C15H23N3O3. The number of anilines is 1. The summed E-state index contributed by atoms with van der Waals surface area (Å²) in [5, 5.41) is 2.73. The maximum absolute atomic E-state index is 11.9. The number of amides is 2. The molecule has 1 aromatic rings. The molecule has 2 amide bonds. The fourth-order valence-electron chi connectivity index (χ4n) is 1.47. The second-order valence-corrected chi connectivity index (χ2v) is 5.36. The van der Waals surface area contributed by atoms with E-state index in [2.05, 4.69) is 5.32 Å². The lowest BCUT2D eigenvalue weighted by molar-refractivity contribution is -0.130. The summed E-state index contributed by atoms with van der Waals surface area (Å²) >= 11 is 0. The maximum atomic E-state index is 11.9. The monoisotopic (exact) mass is 293 g/mol. The van der Waals surface area contributed by atoms with Gasteiger partial charge in [0.1, 0.15) is 5.75 Å². The Hall–Kier alpha value is -2.08. The minimum atomic E-state index is -0.565. The summed E-state index contributed by atoms with van der Waals surface area (Å²) in [5.41, 5.74) is 6.37. The van der Waals surface area contributed by atoms with Gasteiger partial charge in [-0.15, -0.1) is 0 Å². The number of benzene rings is 1. The number of nitrogens with two attached hydrogens (primary N) is 1. The molecule has 0 bridgehead atoms. The van der Waals surface area contributed by atoms with Crippen LogP contribution in [0.1, 0.15) is 13.8 Å². The SMILES string of the molecule is CC(C)[C@H](N)C(=O)Nc1cccc(OCC(=O)N(C)C)c1. The summed E-state index contributed by atoms with van der Waals surface area (Å²) in [6.07, 6.45) is 0. The summed E-state index contributed by atoms with van der Waals surface area (Å²) in [4.78, 5) is 24.8. The highest BCUT2D eigenvalue weighted by Gasteiger charge is 2.17. The second-order valence-electron chi connectivity index (χ2n) is 5.36. The van der Waals surface area contributed by atoms with E-state index in [9.17, 15) is 9.59 Å². The molecule has 0 aliphatic rings. The molecule has 1 aromatic carbocycles. The van der Waals surface area contributed by atoms with E-state index >= 15 is 0 Å². The molecule has 0 radical (unpaired) electrons. The Morgan fingerprint density at radius 3 is 2.57 bits per heavy atom. The van der Waals surface area contributed by atoms with E-state index in [0.29, 0.717) is 11.4 Å². The number of carbonyl (C=O) groups excluding carboxylic acids is 2. The van der Waals surface area contributed by atoms with E-state index in [0.717, 1.165) is 0 Å². The van der Waals surface area contributed by atoms with Crippen LogP contribution in [-0.2, 0) is 9.59 Å². The van der Waals surface area contributed by atoms with Crippen molar-refractivity contribution in [3.63, 3.8) is 0 Å². The first-order chi connectivity index (χ1) is 9.81. The van der Waals surface area contributed by atoms with E-state index < -0.39 is 6.04 Å². The van der Waals surface area contributed by atoms with Crippen LogP contribution in [-0.4, -0.2) is 43.5 Å². The molecule has 3 N–H and O–H groups in total. The van der Waals surface area contributed by atoms with Crippen LogP contribution < -0.4 is 15.8 Å². The quantitative estimate of drug-likeness (QED) is 0.822. The van der Waals surface area contributed by atoms with Crippen LogP contribution in [0.4, 0.5) is 5.69 Å². The number of likely N-dealkylation sites (N-methyl/N-ethyl adjacent to an activating group) is 1. The number of rotatable bonds is 6. The first-order valence-corrected chi connectivity index (χ1v) is 6.80. The van der Waals surface area contributed by atoms with Crippen LogP contribution >= 0.6 is 0 Å². The van der Waals surface area contributed by atoms with Crippen molar-refractivity contribution >= 4 is 17.5 Å². The smallest absolute Gasteiger partial charge is 0.259 e. The van der Waals surface area contributed by atoms with Crippen molar-refractivity contribution in [3.05, 3.63) is 24.3 Å². The number of nitrogens with zero attached hydrogens (tertiary/aromatic N) is 1. The Balaban J connectivity index is 2.64. The predicted molar refractivity (Wildman–Crippen MR) is 82.1 cm³/mol. The summed E-state index contributed by atoms with van der Waals surface area (Å²) in [6.45, 7) is 3.73. The van der Waals surface area contributed by atoms with Crippen LogP contribution in [0.25, 0.3) is 0 Å². The van der Waals surface area contributed by atoms with Crippen molar-refractivity contribution in [3.8, 4) is 5.75 Å². The summed E-state index contributed by atoms with van der Waals surface area (Å²) in [6, 6.07) is 6.30. The molecular weight excluding hydrogens is 270 g/mol. The highest BCUT2D eigenvalue weighted by atomic mass is 16.5. The van der Waals surface area contributed by atoms with E-state index in [1.54, 1.807) is 38.4 Å². The standard InChI is InChI=1S/C15H23N3O3/c1-10(2)14(16)15(20)17-11-6-5-7-12(8-11)21-9-13(19)18(3)4/h5-8,10,14H,9,16H2,1-4H3,(H,17,20)/t14-/m0/s1. The third-order valence-corrected chi connectivity index (χ3v) is 2.98.